The van der Waals surface area contributed by atoms with Gasteiger partial charge >= 0.3 is 0 Å². The van der Waals surface area contributed by atoms with Crippen LogP contribution >= 0.6 is 0 Å². The average Bonchev–Trinajstić information content (AvgIpc) is 2.11. The monoisotopic (exact) mass is 173 g/mol. The first-order valence-corrected chi connectivity index (χ1v) is 4.24. The molecule has 1 unspecified atom stereocenters. The Morgan fingerprint density at radius 3 is 2.58 bits per heavy atom. The molecular weight excluding hydrogens is 154 g/mol. The molecule has 0 aromatic rings. The second-order valence-corrected chi connectivity index (χ2v) is 2.78. The lowest BCUT2D eigenvalue weighted by molar-refractivity contribution is 0.305. The van der Waals surface area contributed by atoms with Crippen LogP contribution in [0.4, 0.5) is 0 Å². The third-order valence-corrected chi connectivity index (χ3v) is 2.04. The quantitative estimate of drug-likeness (QED) is 0.364. The zero-order valence-electron chi connectivity index (χ0n) is 8.33. The lowest BCUT2D eigenvalue weighted by Gasteiger charge is -2.25. The van der Waals surface area contributed by atoms with Crippen LogP contribution in [-0.2, 0) is 0 Å². The second-order valence-electron chi connectivity index (χ2n) is 2.78. The number of hydrazone groups is 1. The predicted octanol–water partition coefficient (Wildman–Crippen LogP) is 0.242. The molecule has 0 saturated heterocycles. The second kappa shape index (κ2) is 5.83. The molecule has 0 bridgehead atoms. The Hall–Kier alpha value is -0.770. The molecule has 0 rings (SSSR count). The van der Waals surface area contributed by atoms with E-state index in [0.717, 1.165) is 6.42 Å². The normalized spacial score (nSPS) is 14.2. The van der Waals surface area contributed by atoms with E-state index in [0.29, 0.717) is 11.9 Å². The summed E-state index contributed by atoms with van der Waals surface area (Å²) in [7, 11) is 3.65. The maximum absolute atomic E-state index is 8.96. The molecule has 0 aromatic heterocycles. The predicted molar refractivity (Wildman–Crippen MR) is 51.1 cm³/mol. The molecule has 0 aliphatic heterocycles. The van der Waals surface area contributed by atoms with Gasteiger partial charge in [0.25, 0.3) is 0 Å². The number of hydrogen-bond donors (Lipinski definition) is 2. The van der Waals surface area contributed by atoms with Gasteiger partial charge in [-0.2, -0.15) is 5.10 Å². The number of likely N-dealkylation sites (N-methyl/N-ethyl adjacent to an activating group) is 1. The van der Waals surface area contributed by atoms with Gasteiger partial charge in [0.05, 0.1) is 0 Å². The Labute approximate surface area is 74.3 Å². The van der Waals surface area contributed by atoms with E-state index in [4.69, 9.17) is 5.11 Å². The van der Waals surface area contributed by atoms with E-state index < -0.39 is 0 Å². The summed E-state index contributed by atoms with van der Waals surface area (Å²) >= 11 is 0. The van der Waals surface area contributed by atoms with Crippen LogP contribution in [0.25, 0.3) is 0 Å². The fourth-order valence-electron chi connectivity index (χ4n) is 0.883. The van der Waals surface area contributed by atoms with Crippen LogP contribution in [0.5, 0.6) is 0 Å². The molecule has 72 valence electrons. The molecule has 0 fully saturated rings. The Morgan fingerprint density at radius 1 is 1.67 bits per heavy atom. The first kappa shape index (κ1) is 11.2. The third-order valence-electron chi connectivity index (χ3n) is 2.04. The number of nitrogens with zero attached hydrogens (tertiary/aromatic N) is 2. The van der Waals surface area contributed by atoms with Crippen LogP contribution in [0.15, 0.2) is 5.10 Å². The smallest absolute Gasteiger partial charge is 0.150 e. The van der Waals surface area contributed by atoms with Gasteiger partial charge in [-0.05, 0) is 13.3 Å². The van der Waals surface area contributed by atoms with Crippen molar-refractivity contribution in [1.82, 2.24) is 10.3 Å². The van der Waals surface area contributed by atoms with Crippen LogP contribution in [0, 0.1) is 0 Å². The number of hydrogen-bond acceptors (Lipinski definition) is 3. The van der Waals surface area contributed by atoms with Gasteiger partial charge in [-0.1, -0.05) is 6.92 Å². The summed E-state index contributed by atoms with van der Waals surface area (Å²) in [5.41, 5.74) is 2.66. The zero-order valence-corrected chi connectivity index (χ0v) is 8.33. The summed E-state index contributed by atoms with van der Waals surface area (Å²) < 4.78 is 0. The largest absolute Gasteiger partial charge is 0.388 e. The highest BCUT2D eigenvalue weighted by Crippen LogP contribution is 2.00. The average molecular weight is 173 g/mol. The molecule has 0 aliphatic carbocycles. The van der Waals surface area contributed by atoms with Crippen LogP contribution in [0.1, 0.15) is 20.3 Å². The van der Waals surface area contributed by atoms with Gasteiger partial charge < -0.3 is 15.4 Å². The molecule has 0 aliphatic rings. The zero-order chi connectivity index (χ0) is 9.56. The van der Waals surface area contributed by atoms with E-state index in [-0.39, 0.29) is 6.61 Å². The van der Waals surface area contributed by atoms with E-state index in [1.54, 1.807) is 7.05 Å². The van der Waals surface area contributed by atoms with Gasteiger partial charge in [0.2, 0.25) is 0 Å². The van der Waals surface area contributed by atoms with Gasteiger partial charge in [0, 0.05) is 20.1 Å². The molecular formula is C8H19N3O. The first-order chi connectivity index (χ1) is 5.67. The van der Waals surface area contributed by atoms with Crippen molar-refractivity contribution in [1.29, 1.82) is 0 Å². The van der Waals surface area contributed by atoms with Crippen LogP contribution in [-0.4, -0.2) is 42.6 Å². The molecule has 12 heavy (non-hydrogen) atoms. The molecule has 4 nitrogen and oxygen atoms in total. The van der Waals surface area contributed by atoms with Crippen molar-refractivity contribution < 1.29 is 5.11 Å². The SMILES string of the molecule is CCC(C)N(C)/C(CO)=N\NC. The minimum absolute atomic E-state index is 0.0261. The topological polar surface area (TPSA) is 47.9 Å². The number of rotatable bonds is 4. The van der Waals surface area contributed by atoms with Crippen molar-refractivity contribution in [3.8, 4) is 0 Å². The van der Waals surface area contributed by atoms with Crippen molar-refractivity contribution in [2.24, 2.45) is 5.10 Å². The summed E-state index contributed by atoms with van der Waals surface area (Å²) in [5.74, 6) is 0.673. The fourth-order valence-corrected chi connectivity index (χ4v) is 0.883. The highest BCUT2D eigenvalue weighted by Gasteiger charge is 2.10. The van der Waals surface area contributed by atoms with Gasteiger partial charge in [-0.15, -0.1) is 0 Å². The lowest BCUT2D eigenvalue weighted by atomic mass is 10.2. The van der Waals surface area contributed by atoms with E-state index in [9.17, 15) is 0 Å². The Kier molecular flexibility index (Phi) is 5.45. The maximum Gasteiger partial charge on any atom is 0.150 e. The van der Waals surface area contributed by atoms with Crippen molar-refractivity contribution in [3.05, 3.63) is 0 Å². The standard InChI is InChI=1S/C8H19N3O/c1-5-7(2)11(4)8(6-12)10-9-3/h7,9,12H,5-6H2,1-4H3/b10-8-. The first-order valence-electron chi connectivity index (χ1n) is 4.24. The molecule has 1 atom stereocenters. The highest BCUT2D eigenvalue weighted by atomic mass is 16.3. The van der Waals surface area contributed by atoms with E-state index >= 15 is 0 Å². The molecule has 0 heterocycles. The summed E-state index contributed by atoms with van der Waals surface area (Å²) in [5, 5.41) is 12.9. The molecule has 0 radical (unpaired) electrons. The fraction of sp³-hybridized carbons (Fsp3) is 0.875. The summed E-state index contributed by atoms with van der Waals surface area (Å²) in [4.78, 5) is 1.97. The minimum atomic E-state index is -0.0261. The van der Waals surface area contributed by atoms with Gasteiger partial charge in [-0.3, -0.25) is 0 Å². The number of aliphatic hydroxyl groups excluding tert-OH is 1. The lowest BCUT2D eigenvalue weighted by Crippen LogP contribution is -2.37. The number of nitrogens with one attached hydrogen (secondary N) is 1. The van der Waals surface area contributed by atoms with E-state index in [2.05, 4.69) is 24.4 Å². The van der Waals surface area contributed by atoms with Crippen molar-refractivity contribution in [2.45, 2.75) is 26.3 Å². The molecule has 4 heteroatoms. The van der Waals surface area contributed by atoms with Gasteiger partial charge in [0.1, 0.15) is 6.61 Å². The van der Waals surface area contributed by atoms with Gasteiger partial charge in [-0.25, -0.2) is 0 Å². The third kappa shape index (κ3) is 3.09. The van der Waals surface area contributed by atoms with Crippen molar-refractivity contribution in [2.75, 3.05) is 20.7 Å². The van der Waals surface area contributed by atoms with E-state index in [1.165, 1.54) is 0 Å². The summed E-state index contributed by atoms with van der Waals surface area (Å²) in [6.45, 7) is 4.18. The van der Waals surface area contributed by atoms with Gasteiger partial charge in [0.15, 0.2) is 5.84 Å². The molecule has 0 saturated carbocycles. The Bertz CT molecular complexity index is 147. The molecule has 0 amide bonds. The van der Waals surface area contributed by atoms with Crippen LogP contribution < -0.4 is 5.43 Å². The summed E-state index contributed by atoms with van der Waals surface area (Å²) in [6, 6.07) is 0.407. The number of aliphatic hydroxyl groups is 1. The van der Waals surface area contributed by atoms with Crippen LogP contribution in [0.3, 0.4) is 0 Å². The Morgan fingerprint density at radius 2 is 2.25 bits per heavy atom. The molecule has 0 spiro atoms. The summed E-state index contributed by atoms with van der Waals surface area (Å²) in [6.07, 6.45) is 1.04. The maximum atomic E-state index is 8.96. The minimum Gasteiger partial charge on any atom is -0.388 e. The number of amidine groups is 1. The Balaban J connectivity index is 4.20. The van der Waals surface area contributed by atoms with Crippen molar-refractivity contribution in [3.63, 3.8) is 0 Å². The van der Waals surface area contributed by atoms with Crippen molar-refractivity contribution >= 4 is 5.84 Å². The van der Waals surface area contributed by atoms with E-state index in [1.807, 2.05) is 11.9 Å². The highest BCUT2D eigenvalue weighted by molar-refractivity contribution is 5.83. The molecule has 0 aromatic carbocycles. The van der Waals surface area contributed by atoms with Crippen LogP contribution in [0.2, 0.25) is 0 Å². The molecule has 2 N–H and O–H groups in total.